The fraction of sp³-hybridized carbons (Fsp3) is 0.583. The predicted molar refractivity (Wildman–Crippen MR) is 75.3 cm³/mol. The fourth-order valence-electron chi connectivity index (χ4n) is 2.54. The molecule has 0 radical (unpaired) electrons. The molecule has 0 aromatic carbocycles. The molecule has 4 atom stereocenters. The number of aliphatic hydroxyl groups is 3. The molecule has 4 unspecified atom stereocenters. The first-order chi connectivity index (χ1) is 10.6. The zero-order valence-electron chi connectivity index (χ0n) is 11.8. The van der Waals surface area contributed by atoms with Crippen molar-refractivity contribution < 1.29 is 20.1 Å². The van der Waals surface area contributed by atoms with E-state index in [-0.39, 0.29) is 17.1 Å². The van der Waals surface area contributed by atoms with Gasteiger partial charge in [0.1, 0.15) is 18.3 Å². The molecule has 1 fully saturated rings. The lowest BCUT2D eigenvalue weighted by atomic mass is 10.1. The van der Waals surface area contributed by atoms with Crippen LogP contribution < -0.4 is 10.9 Å². The third-order valence-corrected chi connectivity index (χ3v) is 3.59. The van der Waals surface area contributed by atoms with Crippen LogP contribution in [0.2, 0.25) is 0 Å². The summed E-state index contributed by atoms with van der Waals surface area (Å²) in [5.41, 5.74) is -0.111. The minimum Gasteiger partial charge on any atom is -0.394 e. The second-order valence-electron chi connectivity index (χ2n) is 4.97. The molecular formula is C12H17N5O5. The number of nitrogens with one attached hydrogen (secondary N) is 2. The highest BCUT2D eigenvalue weighted by atomic mass is 16.6. The lowest BCUT2D eigenvalue weighted by molar-refractivity contribution is -0.0501. The maximum Gasteiger partial charge on any atom is 0.278 e. The van der Waals surface area contributed by atoms with Crippen molar-refractivity contribution in [3.8, 4) is 0 Å². The summed E-state index contributed by atoms with van der Waals surface area (Å²) in [7, 11) is 0. The van der Waals surface area contributed by atoms with Crippen molar-refractivity contribution in [2.45, 2.75) is 31.5 Å². The van der Waals surface area contributed by atoms with Crippen molar-refractivity contribution in [2.24, 2.45) is 0 Å². The number of ether oxygens (including phenoxy) is 1. The molecule has 2 aromatic heterocycles. The van der Waals surface area contributed by atoms with E-state index in [4.69, 9.17) is 4.74 Å². The van der Waals surface area contributed by atoms with Gasteiger partial charge in [0.2, 0.25) is 5.95 Å². The van der Waals surface area contributed by atoms with Crippen LogP contribution in [0.4, 0.5) is 5.95 Å². The summed E-state index contributed by atoms with van der Waals surface area (Å²) in [5.74, 6) is 0.288. The van der Waals surface area contributed by atoms with Crippen LogP contribution >= 0.6 is 0 Å². The van der Waals surface area contributed by atoms with Gasteiger partial charge in [0.25, 0.3) is 5.56 Å². The second kappa shape index (κ2) is 5.65. The van der Waals surface area contributed by atoms with Crippen LogP contribution in [0.3, 0.4) is 0 Å². The molecule has 3 heterocycles. The highest BCUT2D eigenvalue weighted by Crippen LogP contribution is 2.33. The van der Waals surface area contributed by atoms with E-state index in [1.807, 2.05) is 6.92 Å². The zero-order valence-corrected chi connectivity index (χ0v) is 11.8. The molecule has 5 N–H and O–H groups in total. The van der Waals surface area contributed by atoms with Gasteiger partial charge in [-0.1, -0.05) is 0 Å². The number of hydrogen-bond donors (Lipinski definition) is 5. The number of hydrogen-bond acceptors (Lipinski definition) is 8. The molecule has 120 valence electrons. The number of aromatic amines is 1. The van der Waals surface area contributed by atoms with Gasteiger partial charge in [-0.05, 0) is 6.92 Å². The summed E-state index contributed by atoms with van der Waals surface area (Å²) in [6.07, 6.45) is -3.24. The van der Waals surface area contributed by atoms with E-state index < -0.39 is 36.7 Å². The standard InChI is InChI=1S/C12H17N5O5/c1-2-13-12-16-6-9(14-4-15-10(6)21)17(12)11-8(20)7(19)5(3-18)22-11/h4-5,7-8,11,18-20H,2-3H2,1H3,(H,13,16)(H,14,15,21). The Morgan fingerprint density at radius 2 is 2.23 bits per heavy atom. The van der Waals surface area contributed by atoms with E-state index in [1.54, 1.807) is 0 Å². The number of anilines is 1. The first-order valence-corrected chi connectivity index (χ1v) is 6.90. The van der Waals surface area contributed by atoms with E-state index >= 15 is 0 Å². The summed E-state index contributed by atoms with van der Waals surface area (Å²) in [6.45, 7) is 1.93. The minimum atomic E-state index is -1.28. The van der Waals surface area contributed by atoms with Gasteiger partial charge < -0.3 is 30.4 Å². The lowest BCUT2D eigenvalue weighted by Gasteiger charge is -2.19. The summed E-state index contributed by atoms with van der Waals surface area (Å²) >= 11 is 0. The van der Waals surface area contributed by atoms with E-state index in [1.165, 1.54) is 10.9 Å². The third-order valence-electron chi connectivity index (χ3n) is 3.59. The van der Waals surface area contributed by atoms with E-state index in [0.717, 1.165) is 0 Å². The lowest BCUT2D eigenvalue weighted by Crippen LogP contribution is -2.33. The second-order valence-corrected chi connectivity index (χ2v) is 4.97. The van der Waals surface area contributed by atoms with Crippen molar-refractivity contribution in [3.63, 3.8) is 0 Å². The third kappa shape index (κ3) is 2.16. The SMILES string of the molecule is CCNc1nc2c(=O)[nH]cnc2n1C1OC(CO)C(O)C1O. The molecule has 1 aliphatic heterocycles. The van der Waals surface area contributed by atoms with Gasteiger partial charge in [-0.25, -0.2) is 9.97 Å². The molecule has 22 heavy (non-hydrogen) atoms. The normalized spacial score (nSPS) is 28.4. The Labute approximate surface area is 124 Å². The van der Waals surface area contributed by atoms with Gasteiger partial charge >= 0.3 is 0 Å². The van der Waals surface area contributed by atoms with Crippen LogP contribution in [0.15, 0.2) is 11.1 Å². The summed E-state index contributed by atoms with van der Waals surface area (Å²) in [6, 6.07) is 0. The first-order valence-electron chi connectivity index (χ1n) is 6.90. The van der Waals surface area contributed by atoms with Gasteiger partial charge in [0, 0.05) is 6.54 Å². The van der Waals surface area contributed by atoms with Crippen LogP contribution in [-0.2, 0) is 4.74 Å². The molecule has 2 aromatic rings. The summed E-state index contributed by atoms with van der Waals surface area (Å²) in [4.78, 5) is 22.5. The maximum atomic E-state index is 11.8. The van der Waals surface area contributed by atoms with Crippen molar-refractivity contribution in [2.75, 3.05) is 18.5 Å². The van der Waals surface area contributed by atoms with Crippen LogP contribution in [0.25, 0.3) is 11.2 Å². The minimum absolute atomic E-state index is 0.0937. The molecule has 0 saturated carbocycles. The van der Waals surface area contributed by atoms with E-state index in [9.17, 15) is 20.1 Å². The smallest absolute Gasteiger partial charge is 0.278 e. The zero-order chi connectivity index (χ0) is 15.9. The number of imidazole rings is 1. The van der Waals surface area contributed by atoms with Gasteiger partial charge in [-0.3, -0.25) is 9.36 Å². The highest BCUT2D eigenvalue weighted by Gasteiger charge is 2.45. The van der Waals surface area contributed by atoms with Crippen LogP contribution in [0.5, 0.6) is 0 Å². The van der Waals surface area contributed by atoms with Gasteiger partial charge in [-0.2, -0.15) is 0 Å². The number of nitrogens with zero attached hydrogens (tertiary/aromatic N) is 3. The first kappa shape index (κ1) is 14.9. The topological polar surface area (TPSA) is 146 Å². The van der Waals surface area contributed by atoms with Crippen molar-refractivity contribution in [1.29, 1.82) is 0 Å². The Morgan fingerprint density at radius 1 is 1.45 bits per heavy atom. The van der Waals surface area contributed by atoms with Crippen molar-refractivity contribution in [3.05, 3.63) is 16.7 Å². The quantitative estimate of drug-likeness (QED) is 0.443. The Kier molecular flexibility index (Phi) is 3.83. The predicted octanol–water partition coefficient (Wildman–Crippen LogP) is -1.84. The largest absolute Gasteiger partial charge is 0.394 e. The van der Waals surface area contributed by atoms with Crippen molar-refractivity contribution in [1.82, 2.24) is 19.5 Å². The Morgan fingerprint density at radius 3 is 2.86 bits per heavy atom. The summed E-state index contributed by atoms with van der Waals surface area (Å²) < 4.78 is 6.91. The van der Waals surface area contributed by atoms with Crippen LogP contribution in [0, 0.1) is 0 Å². The molecule has 0 spiro atoms. The number of aromatic nitrogens is 4. The molecule has 0 aliphatic carbocycles. The molecule has 10 heteroatoms. The fourth-order valence-corrected chi connectivity index (χ4v) is 2.54. The number of aliphatic hydroxyl groups excluding tert-OH is 3. The van der Waals surface area contributed by atoms with Crippen molar-refractivity contribution >= 4 is 17.1 Å². The maximum absolute atomic E-state index is 11.8. The molecule has 10 nitrogen and oxygen atoms in total. The summed E-state index contributed by atoms with van der Waals surface area (Å²) in [5, 5.41) is 32.2. The average molecular weight is 311 g/mol. The Bertz CT molecular complexity index is 728. The van der Waals surface area contributed by atoms with Crippen LogP contribution in [0.1, 0.15) is 13.2 Å². The average Bonchev–Trinajstić information content (AvgIpc) is 3.00. The number of fused-ring (bicyclic) bond motifs is 1. The molecule has 3 rings (SSSR count). The van der Waals surface area contributed by atoms with E-state index in [0.29, 0.717) is 6.54 Å². The molecule has 1 saturated heterocycles. The Hall–Kier alpha value is -2.01. The molecule has 1 aliphatic rings. The van der Waals surface area contributed by atoms with Gasteiger partial charge in [-0.15, -0.1) is 0 Å². The number of H-pyrrole nitrogens is 1. The number of rotatable bonds is 4. The van der Waals surface area contributed by atoms with E-state index in [2.05, 4.69) is 20.3 Å². The molecule has 0 bridgehead atoms. The monoisotopic (exact) mass is 311 g/mol. The van der Waals surface area contributed by atoms with Crippen LogP contribution in [-0.4, -0.2) is 66.3 Å². The van der Waals surface area contributed by atoms with Gasteiger partial charge in [0.15, 0.2) is 17.4 Å². The molecule has 0 amide bonds. The van der Waals surface area contributed by atoms with Gasteiger partial charge in [0.05, 0.1) is 12.9 Å². The Balaban J connectivity index is 2.15. The highest BCUT2D eigenvalue weighted by molar-refractivity contribution is 5.73. The molecular weight excluding hydrogens is 294 g/mol.